The number of furan rings is 1. The summed E-state index contributed by atoms with van der Waals surface area (Å²) >= 11 is 0. The Kier molecular flexibility index (Phi) is 5.19. The molecule has 0 aliphatic carbocycles. The van der Waals surface area contributed by atoms with Crippen molar-refractivity contribution in [1.29, 1.82) is 5.26 Å². The lowest BCUT2D eigenvalue weighted by atomic mass is 10.0. The van der Waals surface area contributed by atoms with Crippen LogP contribution in [0.4, 0.5) is 5.69 Å². The summed E-state index contributed by atoms with van der Waals surface area (Å²) in [6.45, 7) is 1.49. The second-order valence-electron chi connectivity index (χ2n) is 6.88. The number of nitriles is 1. The fourth-order valence-electron chi connectivity index (χ4n) is 3.38. The predicted octanol–water partition coefficient (Wildman–Crippen LogP) is 4.57. The normalized spacial score (nSPS) is 11.7. The van der Waals surface area contributed by atoms with Gasteiger partial charge in [-0.1, -0.05) is 42.5 Å². The molecule has 4 aromatic rings. The first-order valence-electron chi connectivity index (χ1n) is 9.44. The minimum atomic E-state index is -1.01. The quantitative estimate of drug-likeness (QED) is 0.497. The second-order valence-corrected chi connectivity index (χ2v) is 6.88. The van der Waals surface area contributed by atoms with Crippen LogP contribution in [0.5, 0.6) is 0 Å². The third-order valence-electron chi connectivity index (χ3n) is 4.86. The maximum Gasteiger partial charge on any atom is 0.311 e. The largest absolute Gasteiger partial charge is 0.464 e. The van der Waals surface area contributed by atoms with E-state index >= 15 is 0 Å². The average Bonchev–Trinajstić information content (AvgIpc) is 3.17. The molecule has 1 atom stereocenters. The molecule has 0 fully saturated rings. The zero-order valence-electron chi connectivity index (χ0n) is 16.2. The van der Waals surface area contributed by atoms with E-state index in [1.54, 1.807) is 30.5 Å². The number of nitrogens with one attached hydrogen (secondary N) is 1. The van der Waals surface area contributed by atoms with Gasteiger partial charge in [0.05, 0.1) is 23.9 Å². The number of carbonyl (C=O) groups is 2. The second kappa shape index (κ2) is 8.10. The van der Waals surface area contributed by atoms with E-state index in [9.17, 15) is 9.59 Å². The van der Waals surface area contributed by atoms with Crippen LogP contribution in [0.1, 0.15) is 18.1 Å². The van der Waals surface area contributed by atoms with Gasteiger partial charge in [0.2, 0.25) is 0 Å². The molecule has 0 saturated carbocycles. The monoisotopic (exact) mass is 398 g/mol. The standard InChI is InChI=1S/C24H18N2O4/c1-15(24(28)26-20-9-5-3-7-17(20)13-25)30-22(27)12-18-14-29-21-11-10-16-6-2-4-8-19(16)23(18)21/h2-11,14-15H,12H2,1H3,(H,26,28)/t15-/m1/s1. The number of esters is 1. The number of hydrogen-bond acceptors (Lipinski definition) is 5. The summed E-state index contributed by atoms with van der Waals surface area (Å²) in [7, 11) is 0. The first-order valence-corrected chi connectivity index (χ1v) is 9.44. The Morgan fingerprint density at radius 1 is 1.10 bits per heavy atom. The Hall–Kier alpha value is -4.11. The van der Waals surface area contributed by atoms with E-state index in [0.29, 0.717) is 22.4 Å². The number of anilines is 1. The van der Waals surface area contributed by atoms with Gasteiger partial charge in [0.1, 0.15) is 11.7 Å². The number of rotatable bonds is 5. The summed E-state index contributed by atoms with van der Waals surface area (Å²) < 4.78 is 10.9. The summed E-state index contributed by atoms with van der Waals surface area (Å²) in [6.07, 6.45) is 0.513. The molecule has 0 saturated heterocycles. The number of fused-ring (bicyclic) bond motifs is 3. The Morgan fingerprint density at radius 2 is 1.87 bits per heavy atom. The molecule has 3 aromatic carbocycles. The smallest absolute Gasteiger partial charge is 0.311 e. The van der Waals surface area contributed by atoms with Crippen molar-refractivity contribution in [2.24, 2.45) is 0 Å². The van der Waals surface area contributed by atoms with Gasteiger partial charge in [-0.05, 0) is 35.9 Å². The van der Waals surface area contributed by atoms with Gasteiger partial charge in [-0.3, -0.25) is 9.59 Å². The van der Waals surface area contributed by atoms with Gasteiger partial charge in [0, 0.05) is 10.9 Å². The highest BCUT2D eigenvalue weighted by atomic mass is 16.5. The van der Waals surface area contributed by atoms with E-state index in [4.69, 9.17) is 14.4 Å². The fraction of sp³-hybridized carbons (Fsp3) is 0.125. The Labute approximate surface area is 172 Å². The summed E-state index contributed by atoms with van der Waals surface area (Å²) in [6, 6.07) is 20.3. The summed E-state index contributed by atoms with van der Waals surface area (Å²) in [5.74, 6) is -1.05. The number of para-hydroxylation sites is 1. The topological polar surface area (TPSA) is 92.3 Å². The lowest BCUT2D eigenvalue weighted by molar-refractivity contribution is -0.152. The number of hydrogen-bond donors (Lipinski definition) is 1. The molecule has 0 aliphatic rings. The highest BCUT2D eigenvalue weighted by Gasteiger charge is 2.21. The summed E-state index contributed by atoms with van der Waals surface area (Å²) in [5, 5.41) is 14.7. The number of ether oxygens (including phenoxy) is 1. The van der Waals surface area contributed by atoms with Crippen molar-refractivity contribution in [1.82, 2.24) is 0 Å². The Morgan fingerprint density at radius 3 is 2.70 bits per heavy atom. The van der Waals surface area contributed by atoms with Crippen LogP contribution >= 0.6 is 0 Å². The molecule has 6 nitrogen and oxygen atoms in total. The van der Waals surface area contributed by atoms with Crippen LogP contribution < -0.4 is 5.32 Å². The molecule has 0 bridgehead atoms. The zero-order chi connectivity index (χ0) is 21.1. The van der Waals surface area contributed by atoms with Crippen LogP contribution in [0.15, 0.2) is 71.3 Å². The van der Waals surface area contributed by atoms with E-state index in [0.717, 1.165) is 16.2 Å². The maximum absolute atomic E-state index is 12.5. The third kappa shape index (κ3) is 3.74. The van der Waals surface area contributed by atoms with E-state index in [1.807, 2.05) is 42.5 Å². The molecule has 1 aromatic heterocycles. The van der Waals surface area contributed by atoms with Crippen LogP contribution in [0, 0.1) is 11.3 Å². The predicted molar refractivity (Wildman–Crippen MR) is 113 cm³/mol. The SMILES string of the molecule is C[C@@H](OC(=O)Cc1coc2ccc3ccccc3c12)C(=O)Nc1ccccc1C#N. The molecule has 6 heteroatoms. The van der Waals surface area contributed by atoms with Crippen molar-refractivity contribution >= 4 is 39.3 Å². The lowest BCUT2D eigenvalue weighted by Crippen LogP contribution is -2.30. The van der Waals surface area contributed by atoms with Crippen LogP contribution in [-0.4, -0.2) is 18.0 Å². The van der Waals surface area contributed by atoms with Crippen LogP contribution in [0.25, 0.3) is 21.7 Å². The molecule has 4 rings (SSSR count). The van der Waals surface area contributed by atoms with Crippen molar-refractivity contribution in [3.8, 4) is 6.07 Å². The van der Waals surface area contributed by atoms with Crippen molar-refractivity contribution in [3.63, 3.8) is 0 Å². The number of nitrogens with zero attached hydrogens (tertiary/aromatic N) is 1. The van der Waals surface area contributed by atoms with Gasteiger partial charge in [-0.25, -0.2) is 0 Å². The van der Waals surface area contributed by atoms with Gasteiger partial charge in [0.25, 0.3) is 5.91 Å². The Balaban J connectivity index is 1.48. The Bertz CT molecular complexity index is 1300. The van der Waals surface area contributed by atoms with Gasteiger partial charge in [-0.15, -0.1) is 0 Å². The molecule has 1 heterocycles. The highest BCUT2D eigenvalue weighted by Crippen LogP contribution is 2.30. The molecule has 30 heavy (non-hydrogen) atoms. The molecule has 0 aliphatic heterocycles. The molecular formula is C24H18N2O4. The zero-order valence-corrected chi connectivity index (χ0v) is 16.2. The average molecular weight is 398 g/mol. The van der Waals surface area contributed by atoms with Crippen LogP contribution in [0.3, 0.4) is 0 Å². The van der Waals surface area contributed by atoms with Crippen molar-refractivity contribution in [3.05, 3.63) is 78.1 Å². The van der Waals surface area contributed by atoms with Gasteiger partial charge in [-0.2, -0.15) is 5.26 Å². The van der Waals surface area contributed by atoms with Gasteiger partial charge in [0.15, 0.2) is 6.10 Å². The molecular weight excluding hydrogens is 380 g/mol. The van der Waals surface area contributed by atoms with E-state index in [-0.39, 0.29) is 6.42 Å². The first-order chi connectivity index (χ1) is 14.6. The molecule has 148 valence electrons. The van der Waals surface area contributed by atoms with E-state index < -0.39 is 18.0 Å². The molecule has 0 spiro atoms. The van der Waals surface area contributed by atoms with Crippen LogP contribution in [0.2, 0.25) is 0 Å². The first kappa shape index (κ1) is 19.2. The number of carbonyl (C=O) groups excluding carboxylic acids is 2. The van der Waals surface area contributed by atoms with Crippen molar-refractivity contribution in [2.45, 2.75) is 19.4 Å². The minimum Gasteiger partial charge on any atom is -0.464 e. The van der Waals surface area contributed by atoms with Gasteiger partial charge >= 0.3 is 5.97 Å². The van der Waals surface area contributed by atoms with Crippen LogP contribution in [-0.2, 0) is 20.7 Å². The number of amides is 1. The van der Waals surface area contributed by atoms with Crippen molar-refractivity contribution < 1.29 is 18.7 Å². The third-order valence-corrected chi connectivity index (χ3v) is 4.86. The molecule has 0 unspecified atom stereocenters. The minimum absolute atomic E-state index is 0.0204. The molecule has 0 radical (unpaired) electrons. The van der Waals surface area contributed by atoms with Gasteiger partial charge < -0.3 is 14.5 Å². The fourth-order valence-corrected chi connectivity index (χ4v) is 3.38. The summed E-state index contributed by atoms with van der Waals surface area (Å²) in [5.41, 5.74) is 2.10. The highest BCUT2D eigenvalue weighted by molar-refractivity contribution is 6.08. The molecule has 1 N–H and O–H groups in total. The van der Waals surface area contributed by atoms with Crippen molar-refractivity contribution in [2.75, 3.05) is 5.32 Å². The van der Waals surface area contributed by atoms with E-state index in [2.05, 4.69) is 5.32 Å². The summed E-state index contributed by atoms with van der Waals surface area (Å²) in [4.78, 5) is 24.9. The number of benzene rings is 3. The maximum atomic E-state index is 12.5. The van der Waals surface area contributed by atoms with E-state index in [1.165, 1.54) is 6.92 Å². The molecule has 1 amide bonds. The lowest BCUT2D eigenvalue weighted by Gasteiger charge is -2.14.